The van der Waals surface area contributed by atoms with Crippen LogP contribution in [0.3, 0.4) is 0 Å². The van der Waals surface area contributed by atoms with Gasteiger partial charge in [0.05, 0.1) is 5.56 Å². The summed E-state index contributed by atoms with van der Waals surface area (Å²) in [6.45, 7) is 2.67. The van der Waals surface area contributed by atoms with E-state index in [1.54, 1.807) is 11.3 Å². The van der Waals surface area contributed by atoms with Crippen LogP contribution in [0.5, 0.6) is 0 Å². The number of hydrogen-bond acceptors (Lipinski definition) is 3. The SMILES string of the molecule is CCCCNC(=O)NNC(=O)c1csc2c1CCCC2. The number of rotatable bonds is 4. The Morgan fingerprint density at radius 1 is 1.25 bits per heavy atom. The minimum Gasteiger partial charge on any atom is -0.337 e. The van der Waals surface area contributed by atoms with Crippen molar-refractivity contribution in [3.63, 3.8) is 0 Å². The van der Waals surface area contributed by atoms with Gasteiger partial charge in [-0.05, 0) is 37.7 Å². The number of nitrogens with one attached hydrogen (secondary N) is 3. The van der Waals surface area contributed by atoms with Crippen LogP contribution in [0.25, 0.3) is 0 Å². The van der Waals surface area contributed by atoms with Gasteiger partial charge in [0, 0.05) is 16.8 Å². The molecule has 0 radical (unpaired) electrons. The van der Waals surface area contributed by atoms with Crippen LogP contribution < -0.4 is 16.2 Å². The summed E-state index contributed by atoms with van der Waals surface area (Å²) < 4.78 is 0. The first-order chi connectivity index (χ1) is 9.72. The lowest BCUT2D eigenvalue weighted by Crippen LogP contribution is -2.47. The van der Waals surface area contributed by atoms with E-state index < -0.39 is 0 Å². The van der Waals surface area contributed by atoms with Gasteiger partial charge in [0.25, 0.3) is 5.91 Å². The van der Waals surface area contributed by atoms with E-state index in [0.717, 1.165) is 37.7 Å². The monoisotopic (exact) mass is 295 g/mol. The van der Waals surface area contributed by atoms with Crippen molar-refractivity contribution in [2.75, 3.05) is 6.54 Å². The maximum Gasteiger partial charge on any atom is 0.333 e. The molecule has 0 spiro atoms. The Bertz CT molecular complexity index is 485. The summed E-state index contributed by atoms with van der Waals surface area (Å²) >= 11 is 1.64. The Balaban J connectivity index is 1.83. The van der Waals surface area contributed by atoms with Crippen LogP contribution in [-0.4, -0.2) is 18.5 Å². The molecule has 0 unspecified atom stereocenters. The molecule has 1 aliphatic carbocycles. The van der Waals surface area contributed by atoms with Crippen molar-refractivity contribution < 1.29 is 9.59 Å². The normalized spacial score (nSPS) is 13.4. The van der Waals surface area contributed by atoms with Crippen LogP contribution in [0.2, 0.25) is 0 Å². The Labute approximate surface area is 123 Å². The second-order valence-corrected chi connectivity index (χ2v) is 5.91. The molecule has 20 heavy (non-hydrogen) atoms. The Morgan fingerprint density at radius 3 is 2.85 bits per heavy atom. The van der Waals surface area contributed by atoms with E-state index in [9.17, 15) is 9.59 Å². The van der Waals surface area contributed by atoms with Crippen LogP contribution in [0.15, 0.2) is 5.38 Å². The highest BCUT2D eigenvalue weighted by molar-refractivity contribution is 7.10. The molecule has 2 rings (SSSR count). The van der Waals surface area contributed by atoms with E-state index in [0.29, 0.717) is 12.1 Å². The fraction of sp³-hybridized carbons (Fsp3) is 0.571. The third kappa shape index (κ3) is 3.72. The summed E-state index contributed by atoms with van der Waals surface area (Å²) in [6.07, 6.45) is 6.32. The van der Waals surface area contributed by atoms with Crippen LogP contribution in [0.1, 0.15) is 53.4 Å². The smallest absolute Gasteiger partial charge is 0.333 e. The number of urea groups is 1. The minimum absolute atomic E-state index is 0.227. The molecular weight excluding hydrogens is 274 g/mol. The number of fused-ring (bicyclic) bond motifs is 1. The summed E-state index contributed by atoms with van der Waals surface area (Å²) in [7, 11) is 0. The summed E-state index contributed by atoms with van der Waals surface area (Å²) in [5, 5.41) is 4.58. The van der Waals surface area contributed by atoms with E-state index in [2.05, 4.69) is 23.1 Å². The van der Waals surface area contributed by atoms with Gasteiger partial charge in [-0.15, -0.1) is 11.3 Å². The third-order valence-electron chi connectivity index (χ3n) is 3.41. The van der Waals surface area contributed by atoms with Gasteiger partial charge in [0.2, 0.25) is 0 Å². The number of unbranched alkanes of at least 4 members (excludes halogenated alkanes) is 1. The number of thiophene rings is 1. The van der Waals surface area contributed by atoms with Crippen molar-refractivity contribution in [1.29, 1.82) is 0 Å². The molecule has 3 N–H and O–H groups in total. The van der Waals surface area contributed by atoms with Gasteiger partial charge in [-0.25, -0.2) is 10.2 Å². The number of amides is 3. The average Bonchev–Trinajstić information content (AvgIpc) is 2.89. The lowest BCUT2D eigenvalue weighted by Gasteiger charge is -2.13. The molecule has 1 aromatic heterocycles. The fourth-order valence-corrected chi connectivity index (χ4v) is 3.41. The molecule has 0 saturated heterocycles. The largest absolute Gasteiger partial charge is 0.337 e. The van der Waals surface area contributed by atoms with Gasteiger partial charge in [-0.1, -0.05) is 13.3 Å². The van der Waals surface area contributed by atoms with Gasteiger partial charge in [0.1, 0.15) is 0 Å². The van der Waals surface area contributed by atoms with E-state index in [1.165, 1.54) is 11.3 Å². The zero-order valence-corrected chi connectivity index (χ0v) is 12.6. The highest BCUT2D eigenvalue weighted by atomic mass is 32.1. The molecule has 0 aromatic carbocycles. The quantitative estimate of drug-likeness (QED) is 0.589. The zero-order valence-electron chi connectivity index (χ0n) is 11.8. The molecule has 1 aliphatic rings. The predicted molar refractivity (Wildman–Crippen MR) is 79.9 cm³/mol. The number of aryl methyl sites for hydroxylation is 1. The van der Waals surface area contributed by atoms with Crippen molar-refractivity contribution in [3.8, 4) is 0 Å². The number of carbonyl (C=O) groups is 2. The third-order valence-corrected chi connectivity index (χ3v) is 4.50. The number of hydrazine groups is 1. The molecule has 0 fully saturated rings. The van der Waals surface area contributed by atoms with Crippen LogP contribution in [0, 0.1) is 0 Å². The van der Waals surface area contributed by atoms with Crippen LogP contribution in [0.4, 0.5) is 4.79 Å². The first-order valence-corrected chi connectivity index (χ1v) is 8.03. The summed E-state index contributed by atoms with van der Waals surface area (Å²) in [5.74, 6) is -0.227. The van der Waals surface area contributed by atoms with Gasteiger partial charge < -0.3 is 5.32 Å². The number of carbonyl (C=O) groups excluding carboxylic acids is 2. The first-order valence-electron chi connectivity index (χ1n) is 7.15. The minimum atomic E-state index is -0.365. The highest BCUT2D eigenvalue weighted by Gasteiger charge is 2.20. The van der Waals surface area contributed by atoms with Crippen molar-refractivity contribution in [1.82, 2.24) is 16.2 Å². The molecule has 6 heteroatoms. The van der Waals surface area contributed by atoms with Gasteiger partial charge in [-0.2, -0.15) is 0 Å². The molecular formula is C14H21N3O2S. The maximum atomic E-state index is 12.1. The van der Waals surface area contributed by atoms with Crippen molar-refractivity contribution in [2.45, 2.75) is 45.4 Å². The molecule has 0 atom stereocenters. The first kappa shape index (κ1) is 14.8. The lowest BCUT2D eigenvalue weighted by atomic mass is 9.96. The Kier molecular flexibility index (Phi) is 5.40. The van der Waals surface area contributed by atoms with E-state index >= 15 is 0 Å². The Hall–Kier alpha value is -1.56. The van der Waals surface area contributed by atoms with E-state index in [1.807, 2.05) is 5.38 Å². The number of hydrogen-bond donors (Lipinski definition) is 3. The fourth-order valence-electron chi connectivity index (χ4n) is 2.29. The predicted octanol–water partition coefficient (Wildman–Crippen LogP) is 2.37. The van der Waals surface area contributed by atoms with Crippen molar-refractivity contribution >= 4 is 23.3 Å². The molecule has 1 aromatic rings. The molecule has 5 nitrogen and oxygen atoms in total. The van der Waals surface area contributed by atoms with Crippen molar-refractivity contribution in [2.24, 2.45) is 0 Å². The lowest BCUT2D eigenvalue weighted by molar-refractivity contribution is 0.0935. The summed E-state index contributed by atoms with van der Waals surface area (Å²) in [6, 6.07) is -0.365. The average molecular weight is 295 g/mol. The molecule has 1 heterocycles. The molecule has 3 amide bonds. The van der Waals surface area contributed by atoms with Crippen LogP contribution in [-0.2, 0) is 12.8 Å². The molecule has 0 saturated carbocycles. The second-order valence-electron chi connectivity index (χ2n) is 4.95. The molecule has 0 bridgehead atoms. The highest BCUT2D eigenvalue weighted by Crippen LogP contribution is 2.29. The maximum absolute atomic E-state index is 12.1. The molecule has 110 valence electrons. The summed E-state index contributed by atoms with van der Waals surface area (Å²) in [5.41, 5.74) is 6.73. The van der Waals surface area contributed by atoms with E-state index in [-0.39, 0.29) is 11.9 Å². The Morgan fingerprint density at radius 2 is 2.05 bits per heavy atom. The standard InChI is InChI=1S/C14H21N3O2S/c1-2-3-8-15-14(19)17-16-13(18)11-9-20-12-7-5-4-6-10(11)12/h9H,2-8H2,1H3,(H,16,18)(H2,15,17,19). The van der Waals surface area contributed by atoms with E-state index in [4.69, 9.17) is 0 Å². The summed E-state index contributed by atoms with van der Waals surface area (Å²) in [4.78, 5) is 24.8. The van der Waals surface area contributed by atoms with Gasteiger partial charge in [-0.3, -0.25) is 10.2 Å². The van der Waals surface area contributed by atoms with Crippen LogP contribution >= 0.6 is 11.3 Å². The van der Waals surface area contributed by atoms with Crippen molar-refractivity contribution in [3.05, 3.63) is 21.4 Å². The zero-order chi connectivity index (χ0) is 14.4. The molecule has 0 aliphatic heterocycles. The van der Waals surface area contributed by atoms with Gasteiger partial charge >= 0.3 is 6.03 Å². The van der Waals surface area contributed by atoms with Gasteiger partial charge in [0.15, 0.2) is 0 Å². The second kappa shape index (κ2) is 7.28. The topological polar surface area (TPSA) is 70.2 Å².